The van der Waals surface area contributed by atoms with Crippen LogP contribution in [0.3, 0.4) is 0 Å². The molecule has 0 spiro atoms. The summed E-state index contributed by atoms with van der Waals surface area (Å²) in [7, 11) is 1.45. The molecule has 0 saturated carbocycles. The predicted molar refractivity (Wildman–Crippen MR) is 103 cm³/mol. The fourth-order valence-corrected chi connectivity index (χ4v) is 4.09. The number of benzene rings is 2. The number of nitrogens with zero attached hydrogens (tertiary/aromatic N) is 1. The maximum absolute atomic E-state index is 13.5. The molecule has 1 aliphatic rings. The van der Waals surface area contributed by atoms with Crippen LogP contribution in [0.5, 0.6) is 5.75 Å². The van der Waals surface area contributed by atoms with Gasteiger partial charge < -0.3 is 9.64 Å². The van der Waals surface area contributed by atoms with Crippen LogP contribution in [0.2, 0.25) is 5.02 Å². The summed E-state index contributed by atoms with van der Waals surface area (Å²) in [5.74, 6) is -0.138. The van der Waals surface area contributed by atoms with Crippen LogP contribution in [0.4, 0.5) is 18.9 Å². The van der Waals surface area contributed by atoms with Crippen molar-refractivity contribution in [1.29, 1.82) is 0 Å². The molecule has 2 aromatic rings. The van der Waals surface area contributed by atoms with E-state index in [-0.39, 0.29) is 21.8 Å². The SMILES string of the molecule is COc1ccc(Cl)c(C2(Cl)C(=O)N(C(C)(C)C)c3cc(C(F)(F)F)ccc32)c1. The molecule has 0 N–H and O–H groups in total. The van der Waals surface area contributed by atoms with Crippen LogP contribution in [0.25, 0.3) is 0 Å². The molecule has 1 amide bonds. The molecule has 1 unspecified atom stereocenters. The molecule has 1 heterocycles. The molecule has 1 aliphatic heterocycles. The quantitative estimate of drug-likeness (QED) is 0.546. The number of rotatable bonds is 2. The largest absolute Gasteiger partial charge is 0.497 e. The van der Waals surface area contributed by atoms with Crippen LogP contribution in [0, 0.1) is 0 Å². The smallest absolute Gasteiger partial charge is 0.416 e. The van der Waals surface area contributed by atoms with Crippen molar-refractivity contribution < 1.29 is 22.7 Å². The summed E-state index contributed by atoms with van der Waals surface area (Å²) in [6.07, 6.45) is -4.55. The highest BCUT2D eigenvalue weighted by Crippen LogP contribution is 2.54. The van der Waals surface area contributed by atoms with Gasteiger partial charge in [0.15, 0.2) is 4.87 Å². The molecular weight excluding hydrogens is 414 g/mol. The van der Waals surface area contributed by atoms with Gasteiger partial charge >= 0.3 is 6.18 Å². The van der Waals surface area contributed by atoms with Gasteiger partial charge in [0.2, 0.25) is 0 Å². The van der Waals surface area contributed by atoms with Gasteiger partial charge in [0.25, 0.3) is 5.91 Å². The van der Waals surface area contributed by atoms with E-state index in [2.05, 4.69) is 0 Å². The van der Waals surface area contributed by atoms with Crippen LogP contribution < -0.4 is 9.64 Å². The lowest BCUT2D eigenvalue weighted by atomic mass is 9.90. The van der Waals surface area contributed by atoms with E-state index in [0.29, 0.717) is 5.75 Å². The van der Waals surface area contributed by atoms with Gasteiger partial charge in [-0.3, -0.25) is 4.79 Å². The molecule has 0 radical (unpaired) electrons. The Morgan fingerprint density at radius 2 is 1.68 bits per heavy atom. The second-order valence-electron chi connectivity index (χ2n) is 7.55. The third-order valence-corrected chi connectivity index (χ3v) is 5.55. The average Bonchev–Trinajstić information content (AvgIpc) is 2.82. The normalized spacial score (nSPS) is 19.8. The lowest BCUT2D eigenvalue weighted by Gasteiger charge is -2.34. The van der Waals surface area contributed by atoms with Crippen molar-refractivity contribution in [2.24, 2.45) is 0 Å². The van der Waals surface area contributed by atoms with E-state index in [0.717, 1.165) is 12.1 Å². The number of hydrogen-bond donors (Lipinski definition) is 0. The summed E-state index contributed by atoms with van der Waals surface area (Å²) in [6.45, 7) is 5.18. The molecule has 2 aromatic carbocycles. The second kappa shape index (κ2) is 6.56. The second-order valence-corrected chi connectivity index (χ2v) is 8.52. The van der Waals surface area contributed by atoms with Crippen molar-refractivity contribution in [2.45, 2.75) is 37.4 Å². The predicted octanol–water partition coefficient (Wildman–Crippen LogP) is 5.99. The maximum atomic E-state index is 13.5. The van der Waals surface area contributed by atoms with Gasteiger partial charge in [0, 0.05) is 21.7 Å². The number of ether oxygens (including phenoxy) is 1. The molecule has 0 aliphatic carbocycles. The van der Waals surface area contributed by atoms with Crippen molar-refractivity contribution >= 4 is 34.8 Å². The number of methoxy groups -OCH3 is 1. The Labute approximate surface area is 171 Å². The summed E-state index contributed by atoms with van der Waals surface area (Å²) >= 11 is 13.2. The first kappa shape index (κ1) is 20.8. The van der Waals surface area contributed by atoms with Gasteiger partial charge in [-0.1, -0.05) is 29.3 Å². The highest BCUT2D eigenvalue weighted by Gasteiger charge is 2.55. The third-order valence-electron chi connectivity index (χ3n) is 4.65. The van der Waals surface area contributed by atoms with Crippen molar-refractivity contribution in [1.82, 2.24) is 0 Å². The Hall–Kier alpha value is -1.92. The Bertz CT molecular complexity index is 953. The number of hydrogen-bond acceptors (Lipinski definition) is 2. The number of amides is 1. The first-order valence-corrected chi connectivity index (χ1v) is 9.16. The van der Waals surface area contributed by atoms with Gasteiger partial charge in [-0.15, -0.1) is 0 Å². The van der Waals surface area contributed by atoms with E-state index < -0.39 is 28.1 Å². The molecule has 0 saturated heterocycles. The van der Waals surface area contributed by atoms with E-state index in [1.807, 2.05) is 0 Å². The van der Waals surface area contributed by atoms with E-state index in [1.165, 1.54) is 30.2 Å². The van der Waals surface area contributed by atoms with Crippen LogP contribution >= 0.6 is 23.2 Å². The minimum atomic E-state index is -4.55. The molecule has 8 heteroatoms. The Morgan fingerprint density at radius 1 is 1.04 bits per heavy atom. The third kappa shape index (κ3) is 3.12. The molecule has 0 fully saturated rings. The van der Waals surface area contributed by atoms with Crippen molar-refractivity contribution in [3.05, 3.63) is 58.1 Å². The first-order chi connectivity index (χ1) is 12.8. The number of halogens is 5. The zero-order valence-electron chi connectivity index (χ0n) is 15.6. The Morgan fingerprint density at radius 3 is 2.21 bits per heavy atom. The van der Waals surface area contributed by atoms with E-state index in [9.17, 15) is 18.0 Å². The topological polar surface area (TPSA) is 29.5 Å². The van der Waals surface area contributed by atoms with Gasteiger partial charge in [-0.2, -0.15) is 13.2 Å². The summed E-state index contributed by atoms with van der Waals surface area (Å²) in [6, 6.07) is 7.79. The standard InChI is InChI=1S/C20H18Cl2F3NO2/c1-18(2,3)26-16-9-11(20(23,24)25)5-7-13(16)19(22,17(26)27)14-10-12(28-4)6-8-15(14)21/h5-10H,1-4H3. The number of alkyl halides is 4. The van der Waals surface area contributed by atoms with Crippen LogP contribution in [0.15, 0.2) is 36.4 Å². The monoisotopic (exact) mass is 431 g/mol. The lowest BCUT2D eigenvalue weighted by molar-refractivity contribution is -0.137. The van der Waals surface area contributed by atoms with Crippen molar-refractivity contribution in [2.75, 3.05) is 12.0 Å². The zero-order chi connectivity index (χ0) is 21.1. The molecule has 0 aromatic heterocycles. The molecule has 3 nitrogen and oxygen atoms in total. The van der Waals surface area contributed by atoms with E-state index >= 15 is 0 Å². The zero-order valence-corrected chi connectivity index (χ0v) is 17.1. The lowest BCUT2D eigenvalue weighted by Crippen LogP contribution is -2.48. The first-order valence-electron chi connectivity index (χ1n) is 8.41. The highest BCUT2D eigenvalue weighted by atomic mass is 35.5. The van der Waals surface area contributed by atoms with Gasteiger partial charge in [0.05, 0.1) is 18.4 Å². The summed E-state index contributed by atoms with van der Waals surface area (Å²) in [4.78, 5) is 13.0. The average molecular weight is 432 g/mol. The fourth-order valence-electron chi connectivity index (χ4n) is 3.38. The number of carbonyl (C=O) groups is 1. The number of carbonyl (C=O) groups excluding carboxylic acids is 1. The minimum absolute atomic E-state index is 0.112. The molecule has 150 valence electrons. The molecule has 28 heavy (non-hydrogen) atoms. The minimum Gasteiger partial charge on any atom is -0.497 e. The van der Waals surface area contributed by atoms with Gasteiger partial charge in [-0.25, -0.2) is 0 Å². The van der Waals surface area contributed by atoms with Crippen LogP contribution in [-0.2, 0) is 15.8 Å². The molecular formula is C20H18Cl2F3NO2. The van der Waals surface area contributed by atoms with Gasteiger partial charge in [-0.05, 0) is 51.1 Å². The summed E-state index contributed by atoms with van der Waals surface area (Å²) < 4.78 is 45.0. The fraction of sp³-hybridized carbons (Fsp3) is 0.350. The molecule has 0 bridgehead atoms. The maximum Gasteiger partial charge on any atom is 0.416 e. The highest BCUT2D eigenvalue weighted by molar-refractivity contribution is 6.43. The summed E-state index contributed by atoms with van der Waals surface area (Å²) in [5, 5.41) is 0.214. The van der Waals surface area contributed by atoms with Crippen LogP contribution in [0.1, 0.15) is 37.5 Å². The van der Waals surface area contributed by atoms with Crippen LogP contribution in [-0.4, -0.2) is 18.6 Å². The molecule has 1 atom stereocenters. The summed E-state index contributed by atoms with van der Waals surface area (Å²) in [5.41, 5.74) is -1.05. The van der Waals surface area contributed by atoms with E-state index in [4.69, 9.17) is 27.9 Å². The molecule has 3 rings (SSSR count). The van der Waals surface area contributed by atoms with Crippen molar-refractivity contribution in [3.63, 3.8) is 0 Å². The van der Waals surface area contributed by atoms with Crippen molar-refractivity contribution in [3.8, 4) is 5.75 Å². The number of anilines is 1. The Balaban J connectivity index is 2.33. The van der Waals surface area contributed by atoms with Gasteiger partial charge in [0.1, 0.15) is 5.75 Å². The van der Waals surface area contributed by atoms with E-state index in [1.54, 1.807) is 26.8 Å². The number of fused-ring (bicyclic) bond motifs is 1. The Kier molecular flexibility index (Phi) is 4.88.